The van der Waals surface area contributed by atoms with Gasteiger partial charge < -0.3 is 19.5 Å². The lowest BCUT2D eigenvalue weighted by Crippen LogP contribution is -2.46. The van der Waals surface area contributed by atoms with E-state index in [4.69, 9.17) is 9.47 Å². The highest BCUT2D eigenvalue weighted by Crippen LogP contribution is 2.34. The third kappa shape index (κ3) is 3.62. The average molecular weight is 363 g/mol. The molecule has 7 heteroatoms. The number of thiophene rings is 1. The van der Waals surface area contributed by atoms with Crippen molar-refractivity contribution in [2.24, 2.45) is 0 Å². The number of carbonyl (C=O) groups excluding carboxylic acids is 1. The van der Waals surface area contributed by atoms with Crippen LogP contribution >= 0.6 is 11.3 Å². The number of methoxy groups -OCH3 is 1. The van der Waals surface area contributed by atoms with Gasteiger partial charge in [0.15, 0.2) is 0 Å². The predicted molar refractivity (Wildman–Crippen MR) is 95.6 cm³/mol. The van der Waals surface area contributed by atoms with E-state index >= 15 is 0 Å². The summed E-state index contributed by atoms with van der Waals surface area (Å²) >= 11 is 1.40. The summed E-state index contributed by atoms with van der Waals surface area (Å²) in [6.45, 7) is 2.71. The van der Waals surface area contributed by atoms with Gasteiger partial charge in [-0.1, -0.05) is 0 Å². The molecular formula is C18H21NO5S. The largest absolute Gasteiger partial charge is 0.497 e. The van der Waals surface area contributed by atoms with E-state index in [1.807, 2.05) is 25.1 Å². The number of aryl methyl sites for hydroxylation is 1. The normalized spacial score (nSPS) is 15.3. The Morgan fingerprint density at radius 2 is 2.08 bits per heavy atom. The van der Waals surface area contributed by atoms with Gasteiger partial charge in [0, 0.05) is 24.0 Å². The van der Waals surface area contributed by atoms with Crippen LogP contribution in [-0.4, -0.2) is 54.8 Å². The van der Waals surface area contributed by atoms with Crippen LogP contribution in [-0.2, 0) is 9.53 Å². The lowest BCUT2D eigenvalue weighted by Gasteiger charge is -2.33. The van der Waals surface area contributed by atoms with E-state index in [-0.39, 0.29) is 18.5 Å². The zero-order valence-electron chi connectivity index (χ0n) is 14.3. The molecule has 134 valence electrons. The number of fused-ring (bicyclic) bond motifs is 1. The molecule has 2 aromatic rings. The Hall–Kier alpha value is -2.12. The highest BCUT2D eigenvalue weighted by atomic mass is 32.1. The molecule has 25 heavy (non-hydrogen) atoms. The molecule has 1 fully saturated rings. The zero-order chi connectivity index (χ0) is 18.0. The van der Waals surface area contributed by atoms with Crippen LogP contribution in [0.2, 0.25) is 0 Å². The number of hydrogen-bond donors (Lipinski definition) is 1. The SMILES string of the molecule is COc1ccc2sc(C(=O)N(CC(=O)O)C3CCOCC3)c(C)c2c1. The van der Waals surface area contributed by atoms with Crippen molar-refractivity contribution >= 4 is 33.3 Å². The Labute approximate surface area is 150 Å². The fourth-order valence-electron chi connectivity index (χ4n) is 3.17. The van der Waals surface area contributed by atoms with Crippen LogP contribution in [0.4, 0.5) is 0 Å². The first-order chi connectivity index (χ1) is 12.0. The molecule has 1 aliphatic rings. The maximum atomic E-state index is 13.1. The number of carbonyl (C=O) groups is 2. The molecule has 0 saturated carbocycles. The van der Waals surface area contributed by atoms with Crippen molar-refractivity contribution in [1.82, 2.24) is 4.90 Å². The number of hydrogen-bond acceptors (Lipinski definition) is 5. The van der Waals surface area contributed by atoms with Crippen molar-refractivity contribution in [2.75, 3.05) is 26.9 Å². The lowest BCUT2D eigenvalue weighted by molar-refractivity contribution is -0.138. The molecule has 1 saturated heterocycles. The van der Waals surface area contributed by atoms with Gasteiger partial charge in [-0.2, -0.15) is 0 Å². The van der Waals surface area contributed by atoms with Gasteiger partial charge in [-0.3, -0.25) is 9.59 Å². The molecule has 0 spiro atoms. The van der Waals surface area contributed by atoms with Gasteiger partial charge in [-0.25, -0.2) is 0 Å². The number of ether oxygens (including phenoxy) is 2. The van der Waals surface area contributed by atoms with E-state index in [0.29, 0.717) is 30.9 Å². The van der Waals surface area contributed by atoms with E-state index in [0.717, 1.165) is 21.4 Å². The molecule has 1 N–H and O–H groups in total. The number of benzene rings is 1. The highest BCUT2D eigenvalue weighted by molar-refractivity contribution is 7.21. The molecule has 0 aliphatic carbocycles. The van der Waals surface area contributed by atoms with E-state index in [9.17, 15) is 14.7 Å². The van der Waals surface area contributed by atoms with E-state index in [1.54, 1.807) is 7.11 Å². The van der Waals surface area contributed by atoms with Crippen LogP contribution in [0, 0.1) is 6.92 Å². The van der Waals surface area contributed by atoms with E-state index in [2.05, 4.69) is 0 Å². The quantitative estimate of drug-likeness (QED) is 0.884. The van der Waals surface area contributed by atoms with Crippen LogP contribution in [0.5, 0.6) is 5.75 Å². The van der Waals surface area contributed by atoms with Crippen molar-refractivity contribution in [1.29, 1.82) is 0 Å². The number of nitrogens with zero attached hydrogens (tertiary/aromatic N) is 1. The van der Waals surface area contributed by atoms with Crippen molar-refractivity contribution in [2.45, 2.75) is 25.8 Å². The first-order valence-corrected chi connectivity index (χ1v) is 9.00. The fraction of sp³-hybridized carbons (Fsp3) is 0.444. The number of carboxylic acid groups (broad SMARTS) is 1. The summed E-state index contributed by atoms with van der Waals surface area (Å²) in [5, 5.41) is 10.2. The minimum absolute atomic E-state index is 0.100. The third-order valence-corrected chi connectivity index (χ3v) is 5.80. The van der Waals surface area contributed by atoms with Gasteiger partial charge in [0.2, 0.25) is 0 Å². The minimum atomic E-state index is -1.000. The summed E-state index contributed by atoms with van der Waals surface area (Å²) in [6.07, 6.45) is 1.33. The summed E-state index contributed by atoms with van der Waals surface area (Å²) in [4.78, 5) is 26.5. The number of aliphatic carboxylic acids is 1. The molecule has 0 bridgehead atoms. The molecule has 0 radical (unpaired) electrons. The highest BCUT2D eigenvalue weighted by Gasteiger charge is 2.30. The van der Waals surface area contributed by atoms with Crippen LogP contribution in [0.25, 0.3) is 10.1 Å². The molecule has 3 rings (SSSR count). The molecule has 1 aromatic carbocycles. The summed E-state index contributed by atoms with van der Waals surface area (Å²) < 4.78 is 11.6. The van der Waals surface area contributed by atoms with Crippen molar-refractivity contribution < 1.29 is 24.2 Å². The van der Waals surface area contributed by atoms with Crippen LogP contribution < -0.4 is 4.74 Å². The lowest BCUT2D eigenvalue weighted by atomic mass is 10.1. The van der Waals surface area contributed by atoms with Gasteiger partial charge in [0.1, 0.15) is 12.3 Å². The first kappa shape index (κ1) is 17.7. The van der Waals surface area contributed by atoms with Gasteiger partial charge >= 0.3 is 5.97 Å². The molecular weight excluding hydrogens is 342 g/mol. The molecule has 1 aliphatic heterocycles. The van der Waals surface area contributed by atoms with Gasteiger partial charge in [0.25, 0.3) is 5.91 Å². The second-order valence-corrected chi connectivity index (χ2v) is 7.14. The molecule has 0 atom stereocenters. The molecule has 6 nitrogen and oxygen atoms in total. The standard InChI is InChI=1S/C18H21NO5S/c1-11-14-9-13(23-2)3-4-15(14)25-17(11)18(22)19(10-16(20)21)12-5-7-24-8-6-12/h3-4,9,12H,5-8,10H2,1-2H3,(H,20,21). The smallest absolute Gasteiger partial charge is 0.323 e. The van der Waals surface area contributed by atoms with Crippen LogP contribution in [0.3, 0.4) is 0 Å². The first-order valence-electron chi connectivity index (χ1n) is 8.19. The second-order valence-electron chi connectivity index (χ2n) is 6.09. The Morgan fingerprint density at radius 1 is 1.36 bits per heavy atom. The molecule has 2 heterocycles. The summed E-state index contributed by atoms with van der Waals surface area (Å²) in [7, 11) is 1.61. The Kier molecular flexibility index (Phi) is 5.24. The Bertz CT molecular complexity index is 794. The fourth-order valence-corrected chi connectivity index (χ4v) is 4.32. The van der Waals surface area contributed by atoms with E-state index in [1.165, 1.54) is 16.2 Å². The van der Waals surface area contributed by atoms with Crippen molar-refractivity contribution in [3.05, 3.63) is 28.6 Å². The van der Waals surface area contributed by atoms with Crippen LogP contribution in [0.15, 0.2) is 18.2 Å². The van der Waals surface area contributed by atoms with Gasteiger partial charge in [0.05, 0.1) is 12.0 Å². The predicted octanol–water partition coefficient (Wildman–Crippen LogP) is 2.92. The summed E-state index contributed by atoms with van der Waals surface area (Å²) in [5.74, 6) is -0.480. The van der Waals surface area contributed by atoms with Crippen LogP contribution in [0.1, 0.15) is 28.1 Å². The molecule has 0 unspecified atom stereocenters. The number of rotatable bonds is 5. The Morgan fingerprint density at radius 3 is 2.72 bits per heavy atom. The maximum Gasteiger partial charge on any atom is 0.323 e. The molecule has 1 amide bonds. The average Bonchev–Trinajstić information content (AvgIpc) is 2.96. The monoisotopic (exact) mass is 363 g/mol. The van der Waals surface area contributed by atoms with Crippen molar-refractivity contribution in [3.63, 3.8) is 0 Å². The zero-order valence-corrected chi connectivity index (χ0v) is 15.1. The summed E-state index contributed by atoms with van der Waals surface area (Å²) in [5.41, 5.74) is 0.867. The second kappa shape index (κ2) is 7.41. The van der Waals surface area contributed by atoms with E-state index < -0.39 is 5.97 Å². The van der Waals surface area contributed by atoms with Gasteiger partial charge in [-0.15, -0.1) is 11.3 Å². The van der Waals surface area contributed by atoms with Crippen molar-refractivity contribution in [3.8, 4) is 5.75 Å². The molecule has 1 aromatic heterocycles. The minimum Gasteiger partial charge on any atom is -0.497 e. The maximum absolute atomic E-state index is 13.1. The van der Waals surface area contributed by atoms with Gasteiger partial charge in [-0.05, 0) is 48.9 Å². The topological polar surface area (TPSA) is 76.1 Å². The summed E-state index contributed by atoms with van der Waals surface area (Å²) in [6, 6.07) is 5.60. The number of amides is 1. The Balaban J connectivity index is 1.96. The third-order valence-electron chi connectivity index (χ3n) is 4.54. The number of carboxylic acids is 1.